The van der Waals surface area contributed by atoms with Gasteiger partial charge in [-0.05, 0) is 35.3 Å². The van der Waals surface area contributed by atoms with Gasteiger partial charge in [-0.25, -0.2) is 3.63 Å². The van der Waals surface area contributed by atoms with Gasteiger partial charge >= 0.3 is 0 Å². The van der Waals surface area contributed by atoms with Gasteiger partial charge in [-0.15, -0.1) is 10.3 Å². The van der Waals surface area contributed by atoms with Crippen molar-refractivity contribution in [3.63, 3.8) is 0 Å². The molecule has 2 aromatic rings. The Labute approximate surface area is 129 Å². The molecule has 0 fully saturated rings. The molecule has 0 radical (unpaired) electrons. The van der Waals surface area contributed by atoms with Crippen molar-refractivity contribution in [2.45, 2.75) is 19.1 Å². The molecule has 0 spiro atoms. The van der Waals surface area contributed by atoms with Gasteiger partial charge < -0.3 is 0 Å². The molecule has 5 heteroatoms. The molecule has 0 atom stereocenters. The summed E-state index contributed by atoms with van der Waals surface area (Å²) in [6, 6.07) is 14.4. The molecule has 0 aliphatic carbocycles. The summed E-state index contributed by atoms with van der Waals surface area (Å²) in [6.07, 6.45) is 4.37. The van der Waals surface area contributed by atoms with E-state index in [4.69, 9.17) is 3.63 Å². The molecule has 0 saturated heterocycles. The van der Waals surface area contributed by atoms with Crippen LogP contribution in [0.2, 0.25) is 0 Å². The van der Waals surface area contributed by atoms with E-state index in [0.29, 0.717) is 12.2 Å². The Morgan fingerprint density at radius 2 is 1.67 bits per heavy atom. The van der Waals surface area contributed by atoms with E-state index in [1.807, 2.05) is 37.6 Å². The lowest BCUT2D eigenvalue weighted by Crippen LogP contribution is -2.14. The standard InChI is InChI=1S/C16H22O3S2/c1-4-11-21(17,18)19-20(2,3)13-14-9-10-15-7-5-6-8-16(15)12-14/h5-10,12H,4,11,13H2,1-3H3. The SMILES string of the molecule is CCCS(=O)(=O)OS(C)(C)Cc1ccc2ccccc2c1. The van der Waals surface area contributed by atoms with E-state index in [2.05, 4.69) is 24.3 Å². The first-order valence-electron chi connectivity index (χ1n) is 6.94. The van der Waals surface area contributed by atoms with Gasteiger partial charge in [0.25, 0.3) is 10.1 Å². The fraction of sp³-hybridized carbons (Fsp3) is 0.375. The van der Waals surface area contributed by atoms with E-state index in [1.54, 1.807) is 0 Å². The van der Waals surface area contributed by atoms with Crippen LogP contribution < -0.4 is 0 Å². The van der Waals surface area contributed by atoms with Crippen LogP contribution in [0.15, 0.2) is 42.5 Å². The lowest BCUT2D eigenvalue weighted by Gasteiger charge is -2.30. The van der Waals surface area contributed by atoms with Crippen molar-refractivity contribution in [3.05, 3.63) is 48.0 Å². The smallest absolute Gasteiger partial charge is 0.220 e. The van der Waals surface area contributed by atoms with Gasteiger partial charge in [0, 0.05) is 5.75 Å². The highest BCUT2D eigenvalue weighted by Crippen LogP contribution is 2.46. The topological polar surface area (TPSA) is 43.4 Å². The summed E-state index contributed by atoms with van der Waals surface area (Å²) in [7, 11) is -5.09. The van der Waals surface area contributed by atoms with Gasteiger partial charge in [0.15, 0.2) is 0 Å². The van der Waals surface area contributed by atoms with Crippen LogP contribution in [0.3, 0.4) is 0 Å². The average Bonchev–Trinajstić information content (AvgIpc) is 2.36. The molecule has 21 heavy (non-hydrogen) atoms. The van der Waals surface area contributed by atoms with Crippen molar-refractivity contribution >= 4 is 31.2 Å². The lowest BCUT2D eigenvalue weighted by molar-refractivity contribution is 0.510. The van der Waals surface area contributed by atoms with E-state index in [1.165, 1.54) is 10.8 Å². The monoisotopic (exact) mass is 326 g/mol. The quantitative estimate of drug-likeness (QED) is 0.803. The first-order valence-corrected chi connectivity index (χ1v) is 11.1. The molecule has 2 aromatic carbocycles. The van der Waals surface area contributed by atoms with Gasteiger partial charge in [0.1, 0.15) is 0 Å². The second kappa shape index (κ2) is 6.38. The minimum Gasteiger partial charge on any atom is -0.220 e. The molecule has 0 saturated carbocycles. The molecule has 0 N–H and O–H groups in total. The molecule has 0 bridgehead atoms. The normalized spacial score (nSPS) is 13.5. The van der Waals surface area contributed by atoms with Crippen LogP contribution in [0.1, 0.15) is 18.9 Å². The third-order valence-corrected chi connectivity index (χ3v) is 7.31. The lowest BCUT2D eigenvalue weighted by atomic mass is 10.1. The van der Waals surface area contributed by atoms with Crippen LogP contribution in [-0.2, 0) is 19.5 Å². The summed E-state index contributed by atoms with van der Waals surface area (Å²) >= 11 is 0. The van der Waals surface area contributed by atoms with E-state index < -0.39 is 20.4 Å². The van der Waals surface area contributed by atoms with Gasteiger partial charge in [-0.1, -0.05) is 49.4 Å². The van der Waals surface area contributed by atoms with Crippen molar-refractivity contribution in [3.8, 4) is 0 Å². The van der Waals surface area contributed by atoms with E-state index in [0.717, 1.165) is 5.56 Å². The van der Waals surface area contributed by atoms with Crippen LogP contribution in [-0.4, -0.2) is 26.7 Å². The highest BCUT2D eigenvalue weighted by molar-refractivity contribution is 8.31. The average molecular weight is 326 g/mol. The highest BCUT2D eigenvalue weighted by Gasteiger charge is 2.22. The molecule has 0 amide bonds. The zero-order valence-corrected chi connectivity index (χ0v) is 14.3. The summed E-state index contributed by atoms with van der Waals surface area (Å²) in [6.45, 7) is 1.84. The van der Waals surface area contributed by atoms with Gasteiger partial charge in [0.05, 0.1) is 5.75 Å². The molecule has 2 rings (SSSR count). The highest BCUT2D eigenvalue weighted by atomic mass is 32.3. The van der Waals surface area contributed by atoms with E-state index in [-0.39, 0.29) is 5.75 Å². The van der Waals surface area contributed by atoms with Crippen molar-refractivity contribution in [2.24, 2.45) is 0 Å². The Morgan fingerprint density at radius 1 is 1.00 bits per heavy atom. The molecule has 3 nitrogen and oxygen atoms in total. The fourth-order valence-electron chi connectivity index (χ4n) is 2.32. The van der Waals surface area contributed by atoms with Crippen LogP contribution in [0.5, 0.6) is 0 Å². The Bertz CT molecular complexity index is 721. The molecular formula is C16H22O3S2. The van der Waals surface area contributed by atoms with Gasteiger partial charge in [-0.3, -0.25) is 0 Å². The number of rotatable bonds is 6. The second-order valence-corrected chi connectivity index (χ2v) is 10.8. The molecule has 0 unspecified atom stereocenters. The summed E-state index contributed by atoms with van der Waals surface area (Å²) < 4.78 is 29.1. The first kappa shape index (κ1) is 16.3. The van der Waals surface area contributed by atoms with E-state index >= 15 is 0 Å². The Morgan fingerprint density at radius 3 is 2.33 bits per heavy atom. The van der Waals surface area contributed by atoms with Gasteiger partial charge in [-0.2, -0.15) is 8.42 Å². The van der Waals surface area contributed by atoms with Crippen LogP contribution in [0, 0.1) is 0 Å². The van der Waals surface area contributed by atoms with Crippen molar-refractivity contribution < 1.29 is 12.0 Å². The minimum absolute atomic E-state index is 0.0845. The second-order valence-electron chi connectivity index (χ2n) is 5.59. The third-order valence-electron chi connectivity index (χ3n) is 3.07. The molecule has 116 valence electrons. The number of fused-ring (bicyclic) bond motifs is 1. The van der Waals surface area contributed by atoms with Crippen LogP contribution >= 0.6 is 10.3 Å². The summed E-state index contributed by atoms with van der Waals surface area (Å²) in [5, 5.41) is 2.36. The molecule has 0 heterocycles. The summed E-state index contributed by atoms with van der Waals surface area (Å²) in [4.78, 5) is 0. The maximum atomic E-state index is 11.8. The first-order chi connectivity index (χ1) is 9.81. The minimum atomic E-state index is -3.41. The predicted octanol–water partition coefficient (Wildman–Crippen LogP) is 4.08. The number of hydrogen-bond donors (Lipinski definition) is 0. The Kier molecular flexibility index (Phi) is 4.96. The number of benzene rings is 2. The summed E-state index contributed by atoms with van der Waals surface area (Å²) in [5.74, 6) is 0.724. The molecular weight excluding hydrogens is 304 g/mol. The van der Waals surface area contributed by atoms with Crippen molar-refractivity contribution in [1.29, 1.82) is 0 Å². The Balaban J connectivity index is 2.18. The molecule has 0 aliphatic rings. The van der Waals surface area contributed by atoms with Crippen molar-refractivity contribution in [1.82, 2.24) is 0 Å². The van der Waals surface area contributed by atoms with Crippen molar-refractivity contribution in [2.75, 3.05) is 18.3 Å². The maximum absolute atomic E-state index is 11.8. The zero-order chi connectivity index (χ0) is 15.5. The molecule has 0 aliphatic heterocycles. The molecule has 0 aromatic heterocycles. The summed E-state index contributed by atoms with van der Waals surface area (Å²) in [5.41, 5.74) is 1.11. The number of hydrogen-bond acceptors (Lipinski definition) is 3. The largest absolute Gasteiger partial charge is 0.276 e. The zero-order valence-electron chi connectivity index (χ0n) is 12.7. The van der Waals surface area contributed by atoms with Gasteiger partial charge in [0.2, 0.25) is 0 Å². The maximum Gasteiger partial charge on any atom is 0.276 e. The predicted molar refractivity (Wildman–Crippen MR) is 92.3 cm³/mol. The third kappa shape index (κ3) is 4.73. The van der Waals surface area contributed by atoms with Crippen LogP contribution in [0.4, 0.5) is 0 Å². The van der Waals surface area contributed by atoms with E-state index in [9.17, 15) is 8.42 Å². The van der Waals surface area contributed by atoms with Crippen LogP contribution in [0.25, 0.3) is 10.8 Å². The Hall–Kier alpha value is -1.04. The fourth-order valence-corrected chi connectivity index (χ4v) is 6.51.